The molecule has 5 heteroatoms. The Kier molecular flexibility index (Phi) is 2.60. The van der Waals surface area contributed by atoms with Crippen molar-refractivity contribution in [3.63, 3.8) is 0 Å². The largest absolute Gasteiger partial charge is 0.479 e. The Bertz CT molecular complexity index is 332. The molecule has 0 aromatic carbocycles. The first-order valence-corrected chi connectivity index (χ1v) is 4.02. The fraction of sp³-hybridized carbons (Fsp3) is 0.333. The first-order valence-electron chi connectivity index (χ1n) is 4.02. The van der Waals surface area contributed by atoms with Crippen molar-refractivity contribution in [3.05, 3.63) is 23.8 Å². The molecule has 1 aliphatic rings. The molecule has 2 N–H and O–H groups in total. The van der Waals surface area contributed by atoms with Crippen LogP contribution in [0, 0.1) is 0 Å². The number of carboxylic acid groups (broad SMARTS) is 2. The van der Waals surface area contributed by atoms with Crippen LogP contribution in [0.3, 0.4) is 0 Å². The molecule has 0 aliphatic carbocycles. The number of hydrogen-bond acceptors (Lipinski definition) is 2. The van der Waals surface area contributed by atoms with Gasteiger partial charge in [-0.1, -0.05) is 12.2 Å². The van der Waals surface area contributed by atoms with E-state index in [0.29, 0.717) is 11.1 Å². The summed E-state index contributed by atoms with van der Waals surface area (Å²) >= 11 is 0. The van der Waals surface area contributed by atoms with E-state index in [4.69, 9.17) is 10.2 Å². The molecule has 1 heterocycles. The number of aliphatic carboxylic acids is 1. The van der Waals surface area contributed by atoms with Crippen molar-refractivity contribution in [1.29, 1.82) is 0 Å². The molecule has 0 fully saturated rings. The van der Waals surface area contributed by atoms with E-state index in [1.54, 1.807) is 6.92 Å². The van der Waals surface area contributed by atoms with Crippen molar-refractivity contribution in [3.8, 4) is 0 Å². The van der Waals surface area contributed by atoms with Crippen LogP contribution in [0.2, 0.25) is 0 Å². The van der Waals surface area contributed by atoms with Gasteiger partial charge in [-0.15, -0.1) is 0 Å². The highest BCUT2D eigenvalue weighted by Gasteiger charge is 2.33. The number of hydrogen-bond donors (Lipinski definition) is 2. The number of carboxylic acids is 1. The number of amides is 1. The van der Waals surface area contributed by atoms with Crippen LogP contribution < -0.4 is 0 Å². The second-order valence-corrected chi connectivity index (χ2v) is 3.17. The van der Waals surface area contributed by atoms with E-state index in [1.807, 2.05) is 0 Å². The van der Waals surface area contributed by atoms with Crippen molar-refractivity contribution in [2.24, 2.45) is 0 Å². The van der Waals surface area contributed by atoms with E-state index in [0.717, 1.165) is 4.90 Å². The fourth-order valence-electron chi connectivity index (χ4n) is 1.28. The minimum Gasteiger partial charge on any atom is -0.479 e. The van der Waals surface area contributed by atoms with Gasteiger partial charge in [-0.2, -0.15) is 0 Å². The predicted octanol–water partition coefficient (Wildman–Crippen LogP) is 0.936. The number of carbonyl (C=O) groups is 2. The Hall–Kier alpha value is -1.78. The zero-order valence-electron chi connectivity index (χ0n) is 7.73. The predicted molar refractivity (Wildman–Crippen MR) is 49.1 cm³/mol. The van der Waals surface area contributed by atoms with Crippen molar-refractivity contribution in [2.75, 3.05) is 6.54 Å². The van der Waals surface area contributed by atoms with E-state index in [9.17, 15) is 9.59 Å². The van der Waals surface area contributed by atoms with Crippen LogP contribution in [0.5, 0.6) is 0 Å². The summed E-state index contributed by atoms with van der Waals surface area (Å²) in [5.41, 5.74) is 1.36. The smallest absolute Gasteiger partial charge is 0.408 e. The lowest BCUT2D eigenvalue weighted by molar-refractivity contribution is -0.140. The van der Waals surface area contributed by atoms with Crippen LogP contribution in [-0.2, 0) is 4.79 Å². The van der Waals surface area contributed by atoms with Crippen molar-refractivity contribution >= 4 is 12.1 Å². The molecule has 1 rings (SSSR count). The third-order valence-electron chi connectivity index (χ3n) is 2.08. The van der Waals surface area contributed by atoms with Crippen molar-refractivity contribution in [2.45, 2.75) is 13.0 Å². The molecule has 0 aromatic rings. The van der Waals surface area contributed by atoms with Crippen LogP contribution in [0.25, 0.3) is 0 Å². The van der Waals surface area contributed by atoms with Gasteiger partial charge in [-0.05, 0) is 18.6 Å². The molecule has 76 valence electrons. The molecule has 0 aromatic heterocycles. The van der Waals surface area contributed by atoms with Crippen LogP contribution >= 0.6 is 0 Å². The maximum absolute atomic E-state index is 10.7. The number of rotatable bonds is 2. The van der Waals surface area contributed by atoms with Crippen molar-refractivity contribution < 1.29 is 19.8 Å². The van der Waals surface area contributed by atoms with Gasteiger partial charge in [0.25, 0.3) is 0 Å². The maximum Gasteiger partial charge on any atom is 0.408 e. The van der Waals surface area contributed by atoms with E-state index in [-0.39, 0.29) is 6.54 Å². The van der Waals surface area contributed by atoms with Crippen molar-refractivity contribution in [1.82, 2.24) is 4.90 Å². The van der Waals surface area contributed by atoms with E-state index in [1.165, 1.54) is 6.08 Å². The zero-order chi connectivity index (χ0) is 10.9. The average molecular weight is 197 g/mol. The molecule has 0 saturated heterocycles. The topological polar surface area (TPSA) is 77.8 Å². The summed E-state index contributed by atoms with van der Waals surface area (Å²) in [5.74, 6) is -1.16. The molecule has 14 heavy (non-hydrogen) atoms. The lowest BCUT2D eigenvalue weighted by Crippen LogP contribution is -2.40. The van der Waals surface area contributed by atoms with E-state index in [2.05, 4.69) is 6.58 Å². The van der Waals surface area contributed by atoms with Gasteiger partial charge in [0.05, 0.1) is 6.54 Å². The SMILES string of the molecule is C=C(C)C1=CC(C(=O)O)N(C(=O)O)C1. The van der Waals surface area contributed by atoms with Gasteiger partial charge < -0.3 is 10.2 Å². The summed E-state index contributed by atoms with van der Waals surface area (Å²) < 4.78 is 0. The summed E-state index contributed by atoms with van der Waals surface area (Å²) in [6.07, 6.45) is 0.184. The van der Waals surface area contributed by atoms with Gasteiger partial charge in [-0.25, -0.2) is 9.59 Å². The minimum absolute atomic E-state index is 0.0988. The molecule has 0 radical (unpaired) electrons. The molecular weight excluding hydrogens is 186 g/mol. The zero-order valence-corrected chi connectivity index (χ0v) is 7.73. The summed E-state index contributed by atoms with van der Waals surface area (Å²) in [6.45, 7) is 5.46. The minimum atomic E-state index is -1.23. The monoisotopic (exact) mass is 197 g/mol. The quantitative estimate of drug-likeness (QED) is 0.690. The first-order chi connectivity index (χ1) is 6.43. The molecule has 0 saturated carbocycles. The highest BCUT2D eigenvalue weighted by molar-refractivity contribution is 5.83. The third-order valence-corrected chi connectivity index (χ3v) is 2.08. The van der Waals surface area contributed by atoms with Gasteiger partial charge in [0, 0.05) is 0 Å². The second kappa shape index (κ2) is 3.53. The average Bonchev–Trinajstić information content (AvgIpc) is 2.47. The summed E-state index contributed by atoms with van der Waals surface area (Å²) in [5, 5.41) is 17.5. The van der Waals surface area contributed by atoms with Crippen LogP contribution in [-0.4, -0.2) is 39.8 Å². The number of nitrogens with zero attached hydrogens (tertiary/aromatic N) is 1. The highest BCUT2D eigenvalue weighted by Crippen LogP contribution is 2.21. The van der Waals surface area contributed by atoms with Crippen LogP contribution in [0.1, 0.15) is 6.92 Å². The van der Waals surface area contributed by atoms with Gasteiger partial charge in [0.2, 0.25) is 0 Å². The fourth-order valence-corrected chi connectivity index (χ4v) is 1.28. The molecule has 1 aliphatic heterocycles. The normalized spacial score (nSPS) is 20.5. The summed E-state index contributed by atoms with van der Waals surface area (Å²) in [4.78, 5) is 22.3. The van der Waals surface area contributed by atoms with Gasteiger partial charge >= 0.3 is 12.1 Å². The molecule has 5 nitrogen and oxygen atoms in total. The maximum atomic E-state index is 10.7. The highest BCUT2D eigenvalue weighted by atomic mass is 16.4. The molecule has 1 unspecified atom stereocenters. The molecule has 1 amide bonds. The molecule has 0 spiro atoms. The van der Waals surface area contributed by atoms with Crippen LogP contribution in [0.4, 0.5) is 4.79 Å². The van der Waals surface area contributed by atoms with E-state index >= 15 is 0 Å². The molecule has 0 bridgehead atoms. The Morgan fingerprint density at radius 1 is 1.57 bits per heavy atom. The Morgan fingerprint density at radius 3 is 2.43 bits per heavy atom. The summed E-state index contributed by atoms with van der Waals surface area (Å²) in [7, 11) is 0. The first kappa shape index (κ1) is 10.3. The third kappa shape index (κ3) is 1.76. The van der Waals surface area contributed by atoms with Crippen LogP contribution in [0.15, 0.2) is 23.8 Å². The molecular formula is C9H11NO4. The van der Waals surface area contributed by atoms with E-state index < -0.39 is 18.1 Å². The second-order valence-electron chi connectivity index (χ2n) is 3.17. The van der Waals surface area contributed by atoms with Gasteiger partial charge in [0.15, 0.2) is 6.04 Å². The Labute approximate surface area is 80.9 Å². The lowest BCUT2D eigenvalue weighted by Gasteiger charge is -2.17. The Balaban J connectivity index is 2.93. The van der Waals surface area contributed by atoms with Gasteiger partial charge in [0.1, 0.15) is 0 Å². The Morgan fingerprint density at radius 2 is 2.14 bits per heavy atom. The summed E-state index contributed by atoms with van der Waals surface area (Å²) in [6, 6.07) is -1.08. The lowest BCUT2D eigenvalue weighted by atomic mass is 10.1. The molecule has 1 atom stereocenters. The van der Waals surface area contributed by atoms with Gasteiger partial charge in [-0.3, -0.25) is 4.90 Å². The standard InChI is InChI=1S/C9H11NO4/c1-5(2)6-3-7(8(11)12)10(4-6)9(13)14/h3,7H,1,4H2,2H3,(H,11,12)(H,13,14).